The Morgan fingerprint density at radius 2 is 1.94 bits per heavy atom. The molecular formula is C25H35N7O2. The molecule has 0 aromatic carbocycles. The van der Waals surface area contributed by atoms with E-state index in [1.807, 2.05) is 19.1 Å². The number of amidine groups is 1. The molecule has 9 heteroatoms. The molecule has 2 fully saturated rings. The number of aldehydes is 1. The third-order valence-corrected chi connectivity index (χ3v) is 6.43. The number of carbonyl (C=O) groups is 1. The maximum Gasteiger partial charge on any atom is 0.185 e. The molecule has 2 aliphatic rings. The second-order valence-corrected chi connectivity index (χ2v) is 8.96. The number of aliphatic imine (C=N–C) groups is 1. The van der Waals surface area contributed by atoms with Gasteiger partial charge in [-0.25, -0.2) is 15.0 Å². The van der Waals surface area contributed by atoms with Crippen molar-refractivity contribution in [3.8, 4) is 11.3 Å². The van der Waals surface area contributed by atoms with E-state index in [9.17, 15) is 4.79 Å². The summed E-state index contributed by atoms with van der Waals surface area (Å²) >= 11 is 0. The smallest absolute Gasteiger partial charge is 0.185 e. The van der Waals surface area contributed by atoms with Gasteiger partial charge in [0.2, 0.25) is 0 Å². The van der Waals surface area contributed by atoms with E-state index in [-0.39, 0.29) is 0 Å². The second kappa shape index (κ2) is 12.5. The van der Waals surface area contributed by atoms with Crippen LogP contribution in [0.25, 0.3) is 11.3 Å². The molecule has 0 unspecified atom stereocenters. The zero-order valence-corrected chi connectivity index (χ0v) is 20.0. The van der Waals surface area contributed by atoms with Gasteiger partial charge in [-0.3, -0.25) is 14.7 Å². The van der Waals surface area contributed by atoms with Gasteiger partial charge in [0.15, 0.2) is 17.9 Å². The summed E-state index contributed by atoms with van der Waals surface area (Å²) in [6.07, 6.45) is 10.7. The fourth-order valence-electron chi connectivity index (χ4n) is 4.39. The summed E-state index contributed by atoms with van der Waals surface area (Å²) in [4.78, 5) is 32.0. The van der Waals surface area contributed by atoms with E-state index in [1.165, 1.54) is 32.1 Å². The quantitative estimate of drug-likeness (QED) is 0.331. The highest BCUT2D eigenvalue weighted by atomic mass is 16.5. The number of anilines is 2. The van der Waals surface area contributed by atoms with Crippen molar-refractivity contribution in [2.24, 2.45) is 10.9 Å². The zero-order chi connectivity index (χ0) is 23.6. The van der Waals surface area contributed by atoms with Crippen molar-refractivity contribution in [3.05, 3.63) is 30.4 Å². The van der Waals surface area contributed by atoms with Crippen LogP contribution in [0.4, 0.5) is 11.5 Å². The van der Waals surface area contributed by atoms with Crippen LogP contribution < -0.4 is 10.6 Å². The van der Waals surface area contributed by atoms with Gasteiger partial charge in [0, 0.05) is 44.1 Å². The molecule has 1 aliphatic carbocycles. The highest BCUT2D eigenvalue weighted by Gasteiger charge is 2.16. The molecule has 0 bridgehead atoms. The Kier molecular flexibility index (Phi) is 8.92. The number of pyridine rings is 1. The predicted molar refractivity (Wildman–Crippen MR) is 134 cm³/mol. The van der Waals surface area contributed by atoms with E-state index in [4.69, 9.17) is 9.72 Å². The van der Waals surface area contributed by atoms with Crippen LogP contribution in [0.15, 0.2) is 29.5 Å². The van der Waals surface area contributed by atoms with Crippen molar-refractivity contribution in [2.45, 2.75) is 39.0 Å². The molecule has 0 radical (unpaired) electrons. The number of ether oxygens (including phenoxy) is 1. The highest BCUT2D eigenvalue weighted by Crippen LogP contribution is 2.28. The van der Waals surface area contributed by atoms with Crippen LogP contribution in [-0.4, -0.2) is 77.9 Å². The fraction of sp³-hybridized carbons (Fsp3) is 0.560. The van der Waals surface area contributed by atoms with Crippen molar-refractivity contribution in [2.75, 3.05) is 56.6 Å². The Morgan fingerprint density at radius 3 is 2.68 bits per heavy atom. The minimum atomic E-state index is 0.308. The molecule has 1 aliphatic heterocycles. The van der Waals surface area contributed by atoms with Gasteiger partial charge in [0.25, 0.3) is 0 Å². The number of rotatable bonds is 9. The Hall–Kier alpha value is -2.91. The van der Waals surface area contributed by atoms with E-state index in [0.717, 1.165) is 68.4 Å². The van der Waals surface area contributed by atoms with Crippen LogP contribution in [0.5, 0.6) is 0 Å². The molecule has 34 heavy (non-hydrogen) atoms. The molecule has 0 spiro atoms. The highest BCUT2D eigenvalue weighted by molar-refractivity contribution is 6.33. The van der Waals surface area contributed by atoms with Gasteiger partial charge in [0.05, 0.1) is 31.1 Å². The van der Waals surface area contributed by atoms with Crippen molar-refractivity contribution in [1.29, 1.82) is 0 Å². The SMILES string of the molecule is Cc1ncc(-c2ccc(NC(C=O)=NCCN3CCOCC3)c(NCC3CCCCC3)n2)cn1. The molecule has 0 atom stereocenters. The molecule has 2 aromatic heterocycles. The number of nitrogens with zero attached hydrogens (tertiary/aromatic N) is 5. The van der Waals surface area contributed by atoms with Crippen molar-refractivity contribution < 1.29 is 9.53 Å². The molecule has 2 aromatic rings. The first-order valence-corrected chi connectivity index (χ1v) is 12.3. The van der Waals surface area contributed by atoms with Gasteiger partial charge < -0.3 is 15.4 Å². The first-order valence-electron chi connectivity index (χ1n) is 12.3. The van der Waals surface area contributed by atoms with Gasteiger partial charge in [-0.15, -0.1) is 0 Å². The summed E-state index contributed by atoms with van der Waals surface area (Å²) in [6.45, 7) is 7.40. The maximum atomic E-state index is 11.7. The molecule has 4 rings (SSSR count). The largest absolute Gasteiger partial charge is 0.379 e. The Morgan fingerprint density at radius 1 is 1.18 bits per heavy atom. The van der Waals surface area contributed by atoms with Gasteiger partial charge >= 0.3 is 0 Å². The summed E-state index contributed by atoms with van der Waals surface area (Å²) in [7, 11) is 0. The van der Waals surface area contributed by atoms with Crippen molar-refractivity contribution >= 4 is 23.6 Å². The summed E-state index contributed by atoms with van der Waals surface area (Å²) in [5.41, 5.74) is 2.38. The molecule has 2 N–H and O–H groups in total. The van der Waals surface area contributed by atoms with Gasteiger partial charge in [-0.2, -0.15) is 0 Å². The molecule has 0 amide bonds. The molecular weight excluding hydrogens is 430 g/mol. The van der Waals surface area contributed by atoms with Crippen molar-refractivity contribution in [1.82, 2.24) is 19.9 Å². The van der Waals surface area contributed by atoms with E-state index < -0.39 is 0 Å². The Bertz CT molecular complexity index is 952. The van der Waals surface area contributed by atoms with Gasteiger partial charge in [0.1, 0.15) is 5.82 Å². The normalized spacial score (nSPS) is 18.0. The zero-order valence-electron chi connectivity index (χ0n) is 20.0. The first-order chi connectivity index (χ1) is 16.7. The maximum absolute atomic E-state index is 11.7. The Labute approximate surface area is 201 Å². The first kappa shape index (κ1) is 24.2. The van der Waals surface area contributed by atoms with E-state index in [2.05, 4.69) is 30.5 Å². The lowest BCUT2D eigenvalue weighted by Gasteiger charge is -2.25. The minimum Gasteiger partial charge on any atom is -0.379 e. The van der Waals surface area contributed by atoms with Gasteiger partial charge in [-0.05, 0) is 37.8 Å². The molecule has 3 heterocycles. The van der Waals surface area contributed by atoms with Gasteiger partial charge in [-0.1, -0.05) is 19.3 Å². The monoisotopic (exact) mass is 465 g/mol. The van der Waals surface area contributed by atoms with E-state index in [0.29, 0.717) is 24.1 Å². The lowest BCUT2D eigenvalue weighted by molar-refractivity contribution is -0.102. The summed E-state index contributed by atoms with van der Waals surface area (Å²) in [5.74, 6) is 2.39. The Balaban J connectivity index is 1.48. The topological polar surface area (TPSA) is 105 Å². The average Bonchev–Trinajstić information content (AvgIpc) is 2.89. The van der Waals surface area contributed by atoms with Crippen LogP contribution in [0.3, 0.4) is 0 Å². The van der Waals surface area contributed by atoms with Crippen LogP contribution in [-0.2, 0) is 9.53 Å². The molecule has 1 saturated carbocycles. The van der Waals surface area contributed by atoms with E-state index in [1.54, 1.807) is 12.4 Å². The molecule has 9 nitrogen and oxygen atoms in total. The van der Waals surface area contributed by atoms with Crippen molar-refractivity contribution in [3.63, 3.8) is 0 Å². The number of aryl methyl sites for hydroxylation is 1. The third-order valence-electron chi connectivity index (χ3n) is 6.43. The van der Waals surface area contributed by atoms with Crippen LogP contribution in [0.1, 0.15) is 37.9 Å². The minimum absolute atomic E-state index is 0.308. The molecule has 1 saturated heterocycles. The number of nitrogens with one attached hydrogen (secondary N) is 2. The van der Waals surface area contributed by atoms with Crippen LogP contribution in [0.2, 0.25) is 0 Å². The molecule has 182 valence electrons. The summed E-state index contributed by atoms with van der Waals surface area (Å²) in [6, 6.07) is 3.85. The lowest BCUT2D eigenvalue weighted by Crippen LogP contribution is -2.38. The van der Waals surface area contributed by atoms with Crippen LogP contribution >= 0.6 is 0 Å². The number of carbonyl (C=O) groups excluding carboxylic acids is 1. The summed E-state index contributed by atoms with van der Waals surface area (Å²) in [5, 5.41) is 6.73. The number of aromatic nitrogens is 3. The number of hydrogen-bond donors (Lipinski definition) is 2. The fourth-order valence-corrected chi connectivity index (χ4v) is 4.39. The lowest BCUT2D eigenvalue weighted by atomic mass is 9.89. The second-order valence-electron chi connectivity index (χ2n) is 8.96. The van der Waals surface area contributed by atoms with Crippen LogP contribution in [0, 0.1) is 12.8 Å². The number of morpholine rings is 1. The van der Waals surface area contributed by atoms with E-state index >= 15 is 0 Å². The number of hydrogen-bond acceptors (Lipinski definition) is 8. The summed E-state index contributed by atoms with van der Waals surface area (Å²) < 4.78 is 5.39. The standard InChI is InChI=1S/C25H35N7O2/c1-19-27-16-21(17-28-19)22-7-8-23(25(31-22)29-15-20-5-3-2-4-6-20)30-24(18-33)26-9-10-32-11-13-34-14-12-32/h7-8,16-18,20H,2-6,9-15H2,1H3,(H,26,30)(H,29,31). The average molecular weight is 466 g/mol. The third kappa shape index (κ3) is 7.04. The predicted octanol–water partition coefficient (Wildman–Crippen LogP) is 3.18.